The second-order valence-electron chi connectivity index (χ2n) is 5.36. The molecule has 0 radical (unpaired) electrons. The van der Waals surface area contributed by atoms with Crippen LogP contribution in [0.25, 0.3) is 0 Å². The quantitative estimate of drug-likeness (QED) is 0.878. The number of pyridine rings is 1. The lowest BCUT2D eigenvalue weighted by Crippen LogP contribution is -2.19. The van der Waals surface area contributed by atoms with E-state index in [2.05, 4.69) is 10.3 Å². The highest BCUT2D eigenvalue weighted by Gasteiger charge is 2.20. The van der Waals surface area contributed by atoms with Gasteiger partial charge in [0.05, 0.1) is 11.4 Å². The molecular weight excluding hydrogens is 265 g/mol. The molecule has 1 aliphatic rings. The van der Waals surface area contributed by atoms with E-state index >= 15 is 0 Å². The summed E-state index contributed by atoms with van der Waals surface area (Å²) >= 11 is 0. The highest BCUT2D eigenvalue weighted by atomic mass is 19.1. The molecule has 4 heteroatoms. The molecule has 0 aliphatic heterocycles. The predicted octanol–water partition coefficient (Wildman–Crippen LogP) is 3.63. The first-order valence-corrected chi connectivity index (χ1v) is 7.48. The van der Waals surface area contributed by atoms with Crippen LogP contribution >= 0.6 is 0 Å². The summed E-state index contributed by atoms with van der Waals surface area (Å²) in [6.45, 7) is 3.50. The lowest BCUT2D eigenvalue weighted by Gasteiger charge is -2.24. The zero-order chi connectivity index (χ0) is 14.7. The number of aromatic nitrogens is 1. The predicted molar refractivity (Wildman–Crippen MR) is 83.2 cm³/mol. The Labute approximate surface area is 124 Å². The van der Waals surface area contributed by atoms with Crippen LogP contribution in [-0.4, -0.2) is 17.6 Å². The molecule has 110 valence electrons. The summed E-state index contributed by atoms with van der Waals surface area (Å²) in [5, 5.41) is 3.45. The van der Waals surface area contributed by atoms with Crippen LogP contribution in [0.2, 0.25) is 0 Å². The fourth-order valence-corrected chi connectivity index (χ4v) is 2.43. The van der Waals surface area contributed by atoms with Gasteiger partial charge in [0, 0.05) is 31.0 Å². The van der Waals surface area contributed by atoms with Gasteiger partial charge in [-0.3, -0.25) is 4.98 Å². The van der Waals surface area contributed by atoms with Crippen molar-refractivity contribution in [3.8, 4) is 0 Å². The van der Waals surface area contributed by atoms with Gasteiger partial charge in [0.25, 0.3) is 0 Å². The highest BCUT2D eigenvalue weighted by Crippen LogP contribution is 2.27. The number of halogens is 1. The minimum atomic E-state index is -0.200. The summed E-state index contributed by atoms with van der Waals surface area (Å²) in [5.41, 5.74) is 2.58. The minimum absolute atomic E-state index is 0.200. The SMILES string of the molecule is CCN(c1ccnc(CNC2CC2)c1)c1ccccc1F. The largest absolute Gasteiger partial charge is 0.339 e. The average Bonchev–Trinajstić information content (AvgIpc) is 3.33. The number of rotatable bonds is 6. The third kappa shape index (κ3) is 3.39. The summed E-state index contributed by atoms with van der Waals surface area (Å²) in [6.07, 6.45) is 4.31. The van der Waals surface area contributed by atoms with E-state index in [1.807, 2.05) is 30.0 Å². The summed E-state index contributed by atoms with van der Waals surface area (Å²) in [6, 6.07) is 11.5. The number of para-hydroxylation sites is 1. The van der Waals surface area contributed by atoms with Gasteiger partial charge in [-0.2, -0.15) is 0 Å². The Bertz CT molecular complexity index is 610. The molecule has 0 saturated heterocycles. The van der Waals surface area contributed by atoms with Gasteiger partial charge in [-0.15, -0.1) is 0 Å². The smallest absolute Gasteiger partial charge is 0.146 e. The van der Waals surface area contributed by atoms with E-state index in [4.69, 9.17) is 0 Å². The van der Waals surface area contributed by atoms with E-state index in [1.54, 1.807) is 18.3 Å². The maximum absolute atomic E-state index is 14.0. The van der Waals surface area contributed by atoms with Crippen molar-refractivity contribution in [1.82, 2.24) is 10.3 Å². The summed E-state index contributed by atoms with van der Waals surface area (Å²) in [5.74, 6) is -0.200. The highest BCUT2D eigenvalue weighted by molar-refractivity contribution is 5.63. The van der Waals surface area contributed by atoms with E-state index < -0.39 is 0 Å². The van der Waals surface area contributed by atoms with Gasteiger partial charge >= 0.3 is 0 Å². The topological polar surface area (TPSA) is 28.2 Å². The Kier molecular flexibility index (Phi) is 4.15. The van der Waals surface area contributed by atoms with E-state index in [0.717, 1.165) is 17.9 Å². The number of anilines is 2. The Morgan fingerprint density at radius 3 is 2.81 bits per heavy atom. The van der Waals surface area contributed by atoms with Crippen molar-refractivity contribution < 1.29 is 4.39 Å². The van der Waals surface area contributed by atoms with Crippen molar-refractivity contribution in [2.45, 2.75) is 32.4 Å². The Hall–Kier alpha value is -1.94. The van der Waals surface area contributed by atoms with Crippen LogP contribution < -0.4 is 10.2 Å². The van der Waals surface area contributed by atoms with Crippen LogP contribution in [0.1, 0.15) is 25.5 Å². The third-order valence-corrected chi connectivity index (χ3v) is 3.72. The molecule has 0 unspecified atom stereocenters. The average molecular weight is 285 g/mol. The zero-order valence-corrected chi connectivity index (χ0v) is 12.2. The number of benzene rings is 1. The molecule has 21 heavy (non-hydrogen) atoms. The second kappa shape index (κ2) is 6.22. The van der Waals surface area contributed by atoms with Gasteiger partial charge in [0.15, 0.2) is 0 Å². The molecule has 3 nitrogen and oxygen atoms in total. The Morgan fingerprint density at radius 2 is 2.10 bits per heavy atom. The second-order valence-corrected chi connectivity index (χ2v) is 5.36. The molecule has 1 N–H and O–H groups in total. The standard InChI is InChI=1S/C17H20FN3/c1-2-21(17-6-4-3-5-16(17)18)15-9-10-19-14(11-15)12-20-13-7-8-13/h3-6,9-11,13,20H,2,7-8,12H2,1H3. The summed E-state index contributed by atoms with van der Waals surface area (Å²) in [4.78, 5) is 6.36. The van der Waals surface area contributed by atoms with Crippen molar-refractivity contribution in [1.29, 1.82) is 0 Å². The van der Waals surface area contributed by atoms with Crippen molar-refractivity contribution in [2.75, 3.05) is 11.4 Å². The van der Waals surface area contributed by atoms with Crippen molar-refractivity contribution in [3.05, 3.63) is 54.1 Å². The van der Waals surface area contributed by atoms with Gasteiger partial charge < -0.3 is 10.2 Å². The molecule has 3 rings (SSSR count). The third-order valence-electron chi connectivity index (χ3n) is 3.72. The number of hydrogen-bond donors (Lipinski definition) is 1. The Balaban J connectivity index is 1.82. The van der Waals surface area contributed by atoms with Crippen LogP contribution in [0.5, 0.6) is 0 Å². The molecule has 0 spiro atoms. The van der Waals surface area contributed by atoms with Crippen LogP contribution in [0.15, 0.2) is 42.6 Å². The van der Waals surface area contributed by atoms with Crippen LogP contribution in [0, 0.1) is 5.82 Å². The minimum Gasteiger partial charge on any atom is -0.339 e. The molecular formula is C17H20FN3. The molecule has 1 saturated carbocycles. The fraction of sp³-hybridized carbons (Fsp3) is 0.353. The molecule has 1 heterocycles. The monoisotopic (exact) mass is 285 g/mol. The molecule has 2 aromatic rings. The first-order valence-electron chi connectivity index (χ1n) is 7.48. The molecule has 1 aliphatic carbocycles. The number of nitrogens with zero attached hydrogens (tertiary/aromatic N) is 2. The first kappa shape index (κ1) is 14.0. The van der Waals surface area contributed by atoms with Gasteiger partial charge in [-0.25, -0.2) is 4.39 Å². The van der Waals surface area contributed by atoms with Crippen molar-refractivity contribution in [2.24, 2.45) is 0 Å². The molecule has 1 fully saturated rings. The molecule has 0 bridgehead atoms. The van der Waals surface area contributed by atoms with Crippen molar-refractivity contribution in [3.63, 3.8) is 0 Å². The van der Waals surface area contributed by atoms with Crippen LogP contribution in [-0.2, 0) is 6.54 Å². The summed E-state index contributed by atoms with van der Waals surface area (Å²) in [7, 11) is 0. The maximum atomic E-state index is 14.0. The number of hydrogen-bond acceptors (Lipinski definition) is 3. The molecule has 0 amide bonds. The van der Waals surface area contributed by atoms with E-state index in [0.29, 0.717) is 18.3 Å². The first-order chi connectivity index (χ1) is 10.3. The Morgan fingerprint density at radius 1 is 1.29 bits per heavy atom. The molecule has 0 atom stereocenters. The number of nitrogens with one attached hydrogen (secondary N) is 1. The van der Waals surface area contributed by atoms with Gasteiger partial charge in [-0.05, 0) is 44.0 Å². The maximum Gasteiger partial charge on any atom is 0.146 e. The van der Waals surface area contributed by atoms with Crippen LogP contribution in [0.4, 0.5) is 15.8 Å². The van der Waals surface area contributed by atoms with E-state index in [-0.39, 0.29) is 5.82 Å². The fourth-order valence-electron chi connectivity index (χ4n) is 2.43. The van der Waals surface area contributed by atoms with Gasteiger partial charge in [-0.1, -0.05) is 12.1 Å². The lowest BCUT2D eigenvalue weighted by atomic mass is 10.2. The van der Waals surface area contributed by atoms with Gasteiger partial charge in [0.2, 0.25) is 0 Å². The van der Waals surface area contributed by atoms with Gasteiger partial charge in [0.1, 0.15) is 5.82 Å². The van der Waals surface area contributed by atoms with Crippen LogP contribution in [0.3, 0.4) is 0 Å². The zero-order valence-electron chi connectivity index (χ0n) is 12.2. The normalized spacial score (nSPS) is 14.2. The van der Waals surface area contributed by atoms with E-state index in [1.165, 1.54) is 18.9 Å². The van der Waals surface area contributed by atoms with Crippen molar-refractivity contribution >= 4 is 11.4 Å². The summed E-state index contributed by atoms with van der Waals surface area (Å²) < 4.78 is 14.0. The molecule has 1 aromatic heterocycles. The van der Waals surface area contributed by atoms with E-state index in [9.17, 15) is 4.39 Å². The molecule has 1 aromatic carbocycles. The lowest BCUT2D eigenvalue weighted by molar-refractivity contribution is 0.625.